The normalized spacial score (nSPS) is 22.5. The lowest BCUT2D eigenvalue weighted by molar-refractivity contribution is -0.174. The smallest absolute Gasteiger partial charge is 0.424 e. The van der Waals surface area contributed by atoms with Gasteiger partial charge in [-0.2, -0.15) is 17.6 Å². The van der Waals surface area contributed by atoms with Crippen LogP contribution in [0.3, 0.4) is 0 Å². The monoisotopic (exact) mass is 368 g/mol. The van der Waals surface area contributed by atoms with E-state index in [-0.39, 0.29) is 5.92 Å². The SMILES string of the molecule is C=C(/C=C(F)\C(=C\F)OC(F)(F)C=C(F)F)C1CCC(CCC)CC1. The van der Waals surface area contributed by atoms with Crippen LogP contribution in [-0.2, 0) is 4.74 Å². The highest BCUT2D eigenvalue weighted by Crippen LogP contribution is 2.36. The predicted octanol–water partition coefficient (Wildman–Crippen LogP) is 7.20. The van der Waals surface area contributed by atoms with Gasteiger partial charge in [-0.05, 0) is 49.2 Å². The molecule has 142 valence electrons. The maximum absolute atomic E-state index is 14.0. The van der Waals surface area contributed by atoms with E-state index in [2.05, 4.69) is 18.2 Å². The number of ether oxygens (including phenoxy) is 1. The van der Waals surface area contributed by atoms with Gasteiger partial charge in [-0.1, -0.05) is 26.3 Å². The maximum atomic E-state index is 14.0. The van der Waals surface area contributed by atoms with Crippen LogP contribution in [0.4, 0.5) is 26.3 Å². The average molecular weight is 368 g/mol. The quantitative estimate of drug-likeness (QED) is 0.250. The molecule has 0 aliphatic heterocycles. The molecule has 0 unspecified atom stereocenters. The van der Waals surface area contributed by atoms with Crippen molar-refractivity contribution >= 4 is 0 Å². The van der Waals surface area contributed by atoms with E-state index in [0.29, 0.717) is 11.5 Å². The Hall–Kier alpha value is -1.66. The number of hydrogen-bond acceptors (Lipinski definition) is 1. The fourth-order valence-corrected chi connectivity index (χ4v) is 3.01. The predicted molar refractivity (Wildman–Crippen MR) is 84.2 cm³/mol. The minimum absolute atomic E-state index is 0.0246. The van der Waals surface area contributed by atoms with E-state index in [1.807, 2.05) is 0 Å². The van der Waals surface area contributed by atoms with E-state index < -0.39 is 36.2 Å². The molecule has 1 rings (SSSR count). The Morgan fingerprint density at radius 1 is 1.16 bits per heavy atom. The van der Waals surface area contributed by atoms with Crippen LogP contribution in [0.25, 0.3) is 0 Å². The van der Waals surface area contributed by atoms with Crippen molar-refractivity contribution in [3.63, 3.8) is 0 Å². The Morgan fingerprint density at radius 2 is 1.76 bits per heavy atom. The first-order valence-electron chi connectivity index (χ1n) is 8.16. The van der Waals surface area contributed by atoms with Crippen LogP contribution in [0, 0.1) is 11.8 Å². The van der Waals surface area contributed by atoms with Crippen molar-refractivity contribution < 1.29 is 31.1 Å². The van der Waals surface area contributed by atoms with Gasteiger partial charge < -0.3 is 4.74 Å². The molecular formula is C18H22F6O. The second kappa shape index (κ2) is 9.73. The van der Waals surface area contributed by atoms with Gasteiger partial charge in [-0.3, -0.25) is 0 Å². The van der Waals surface area contributed by atoms with Gasteiger partial charge in [0.05, 0.1) is 6.08 Å². The zero-order chi connectivity index (χ0) is 19.0. The van der Waals surface area contributed by atoms with Crippen LogP contribution in [0.15, 0.2) is 48.3 Å². The Labute approximate surface area is 143 Å². The molecular weight excluding hydrogens is 346 g/mol. The van der Waals surface area contributed by atoms with E-state index in [1.165, 1.54) is 0 Å². The molecule has 0 aromatic heterocycles. The summed E-state index contributed by atoms with van der Waals surface area (Å²) in [5.41, 5.74) is 0.339. The number of halogens is 6. The van der Waals surface area contributed by atoms with E-state index in [9.17, 15) is 26.3 Å². The Bertz CT molecular complexity index is 538. The number of allylic oxidation sites excluding steroid dienone is 3. The van der Waals surface area contributed by atoms with Gasteiger partial charge in [0.2, 0.25) is 0 Å². The molecule has 0 spiro atoms. The standard InChI is InChI=1S/C18H22F6O/c1-3-4-13-5-7-14(8-6-13)12(2)9-15(20)16(11-19)25-18(23,24)10-17(21)22/h9-11,13-14H,2-8H2,1H3/b15-9+,16-11-. The Balaban J connectivity index is 2.71. The van der Waals surface area contributed by atoms with Crippen molar-refractivity contribution in [3.8, 4) is 0 Å². The maximum Gasteiger partial charge on any atom is 0.425 e. The summed E-state index contributed by atoms with van der Waals surface area (Å²) in [5.74, 6) is -2.28. The second-order valence-corrected chi connectivity index (χ2v) is 6.14. The second-order valence-electron chi connectivity index (χ2n) is 6.14. The molecule has 1 fully saturated rings. The summed E-state index contributed by atoms with van der Waals surface area (Å²) in [6, 6.07) is 0. The van der Waals surface area contributed by atoms with Crippen LogP contribution in [0.5, 0.6) is 0 Å². The van der Waals surface area contributed by atoms with Crippen molar-refractivity contribution in [2.75, 3.05) is 0 Å². The van der Waals surface area contributed by atoms with E-state index in [1.54, 1.807) is 0 Å². The minimum atomic E-state index is -4.53. The molecule has 0 heterocycles. The molecule has 0 atom stereocenters. The zero-order valence-electron chi connectivity index (χ0n) is 14.0. The van der Waals surface area contributed by atoms with Gasteiger partial charge in [0, 0.05) is 0 Å². The third-order valence-electron chi connectivity index (χ3n) is 4.24. The molecule has 0 N–H and O–H groups in total. The van der Waals surface area contributed by atoms with E-state index in [0.717, 1.165) is 44.6 Å². The fourth-order valence-electron chi connectivity index (χ4n) is 3.01. The number of rotatable bonds is 8. The average Bonchev–Trinajstić information content (AvgIpc) is 2.52. The molecule has 1 saturated carbocycles. The first-order chi connectivity index (χ1) is 11.7. The van der Waals surface area contributed by atoms with Crippen molar-refractivity contribution in [2.45, 2.75) is 51.6 Å². The summed E-state index contributed by atoms with van der Waals surface area (Å²) in [5, 5.41) is 0. The van der Waals surface area contributed by atoms with Gasteiger partial charge in [0.15, 0.2) is 11.6 Å². The van der Waals surface area contributed by atoms with Crippen molar-refractivity contribution in [2.24, 2.45) is 11.8 Å². The number of alkyl halides is 2. The van der Waals surface area contributed by atoms with Gasteiger partial charge in [0.25, 0.3) is 6.08 Å². The van der Waals surface area contributed by atoms with Crippen molar-refractivity contribution in [1.29, 1.82) is 0 Å². The van der Waals surface area contributed by atoms with Gasteiger partial charge >= 0.3 is 6.11 Å². The van der Waals surface area contributed by atoms with Crippen LogP contribution in [-0.4, -0.2) is 6.11 Å². The summed E-state index contributed by atoms with van der Waals surface area (Å²) in [6.07, 6.45) is -2.06. The van der Waals surface area contributed by atoms with Crippen LogP contribution in [0.1, 0.15) is 45.4 Å². The molecule has 0 aromatic carbocycles. The summed E-state index contributed by atoms with van der Waals surface area (Å²) in [4.78, 5) is 0. The Kier molecular flexibility index (Phi) is 8.32. The zero-order valence-corrected chi connectivity index (χ0v) is 14.0. The molecule has 0 amide bonds. The van der Waals surface area contributed by atoms with E-state index in [4.69, 9.17) is 0 Å². The highest BCUT2D eigenvalue weighted by Gasteiger charge is 2.33. The van der Waals surface area contributed by atoms with Gasteiger partial charge in [-0.25, -0.2) is 8.78 Å². The molecule has 25 heavy (non-hydrogen) atoms. The summed E-state index contributed by atoms with van der Waals surface area (Å²) >= 11 is 0. The first-order valence-corrected chi connectivity index (χ1v) is 8.16. The molecule has 1 nitrogen and oxygen atoms in total. The molecule has 7 heteroatoms. The molecule has 0 bridgehead atoms. The highest BCUT2D eigenvalue weighted by atomic mass is 19.3. The Morgan fingerprint density at radius 3 is 2.24 bits per heavy atom. The summed E-state index contributed by atoms with van der Waals surface area (Å²) < 4.78 is 80.3. The summed E-state index contributed by atoms with van der Waals surface area (Å²) in [7, 11) is 0. The van der Waals surface area contributed by atoms with Crippen LogP contribution in [0.2, 0.25) is 0 Å². The fraction of sp³-hybridized carbons (Fsp3) is 0.556. The number of hydrogen-bond donors (Lipinski definition) is 0. The lowest BCUT2D eigenvalue weighted by Gasteiger charge is -2.28. The first kappa shape index (κ1) is 21.4. The molecule has 1 aliphatic rings. The van der Waals surface area contributed by atoms with Gasteiger partial charge in [0.1, 0.15) is 6.33 Å². The third kappa shape index (κ3) is 7.40. The minimum Gasteiger partial charge on any atom is -0.424 e. The molecule has 0 radical (unpaired) electrons. The van der Waals surface area contributed by atoms with Crippen molar-refractivity contribution in [3.05, 3.63) is 48.3 Å². The largest absolute Gasteiger partial charge is 0.425 e. The van der Waals surface area contributed by atoms with Crippen LogP contribution < -0.4 is 0 Å². The third-order valence-corrected chi connectivity index (χ3v) is 4.24. The summed E-state index contributed by atoms with van der Waals surface area (Å²) in [6.45, 7) is 5.81. The lowest BCUT2D eigenvalue weighted by atomic mass is 9.77. The van der Waals surface area contributed by atoms with Gasteiger partial charge in [-0.15, -0.1) is 0 Å². The van der Waals surface area contributed by atoms with Crippen LogP contribution >= 0.6 is 0 Å². The molecule has 0 saturated heterocycles. The van der Waals surface area contributed by atoms with Crippen molar-refractivity contribution in [1.82, 2.24) is 0 Å². The van der Waals surface area contributed by atoms with E-state index >= 15 is 0 Å². The lowest BCUT2D eigenvalue weighted by Crippen LogP contribution is -2.18. The topological polar surface area (TPSA) is 9.23 Å². The molecule has 1 aliphatic carbocycles. The molecule has 0 aromatic rings. The highest BCUT2D eigenvalue weighted by molar-refractivity contribution is 5.29.